The Kier molecular flexibility index (Phi) is 5.97. The van der Waals surface area contributed by atoms with Gasteiger partial charge in [0.05, 0.1) is 0 Å². The molecule has 0 aromatic heterocycles. The molecule has 0 heterocycles. The van der Waals surface area contributed by atoms with Crippen LogP contribution in [-0.2, 0) is 13.1 Å². The third-order valence-electron chi connectivity index (χ3n) is 3.81. The minimum Gasteiger partial charge on any atom is -0.319 e. The van der Waals surface area contributed by atoms with Gasteiger partial charge in [0.2, 0.25) is 0 Å². The van der Waals surface area contributed by atoms with Crippen LogP contribution in [0.1, 0.15) is 29.5 Å². The Morgan fingerprint density at radius 2 is 1.48 bits per heavy atom. The molecule has 1 atom stereocenters. The molecule has 2 heteroatoms. The maximum Gasteiger partial charge on any atom is 0.0234 e. The van der Waals surface area contributed by atoms with E-state index in [0.717, 1.165) is 19.6 Å². The maximum absolute atomic E-state index is 3.23. The van der Waals surface area contributed by atoms with Gasteiger partial charge in [0.1, 0.15) is 0 Å². The van der Waals surface area contributed by atoms with Crippen molar-refractivity contribution in [2.24, 2.45) is 0 Å². The topological polar surface area (TPSA) is 15.3 Å². The van der Waals surface area contributed by atoms with Crippen molar-refractivity contribution in [1.29, 1.82) is 0 Å². The lowest BCUT2D eigenvalue weighted by atomic mass is 10.00. The van der Waals surface area contributed by atoms with Gasteiger partial charge in [-0.1, -0.05) is 61.5 Å². The number of nitrogens with one attached hydrogen (secondary N) is 1. The van der Waals surface area contributed by atoms with E-state index in [1.807, 2.05) is 7.05 Å². The molecule has 1 N–H and O–H groups in total. The number of nitrogens with zero attached hydrogens (tertiary/aromatic N) is 1. The normalized spacial score (nSPS) is 12.6. The Bertz CT molecular complexity index is 519. The van der Waals surface area contributed by atoms with Crippen LogP contribution in [0.15, 0.2) is 54.6 Å². The van der Waals surface area contributed by atoms with Crippen molar-refractivity contribution >= 4 is 0 Å². The molecule has 21 heavy (non-hydrogen) atoms. The Morgan fingerprint density at radius 1 is 0.905 bits per heavy atom. The third-order valence-corrected chi connectivity index (χ3v) is 3.81. The van der Waals surface area contributed by atoms with Gasteiger partial charge in [-0.25, -0.2) is 0 Å². The molecule has 0 aliphatic rings. The van der Waals surface area contributed by atoms with Crippen LogP contribution in [0.5, 0.6) is 0 Å². The highest BCUT2D eigenvalue weighted by Crippen LogP contribution is 2.16. The van der Waals surface area contributed by atoms with E-state index < -0.39 is 0 Å². The van der Waals surface area contributed by atoms with Crippen LogP contribution >= 0.6 is 0 Å². The van der Waals surface area contributed by atoms with Crippen LogP contribution < -0.4 is 5.32 Å². The van der Waals surface area contributed by atoms with E-state index in [4.69, 9.17) is 0 Å². The van der Waals surface area contributed by atoms with Gasteiger partial charge in [-0.15, -0.1) is 0 Å². The summed E-state index contributed by atoms with van der Waals surface area (Å²) in [5.41, 5.74) is 4.13. The second kappa shape index (κ2) is 7.96. The first-order valence-electron chi connectivity index (χ1n) is 7.65. The van der Waals surface area contributed by atoms with E-state index >= 15 is 0 Å². The lowest BCUT2D eigenvalue weighted by Gasteiger charge is -2.18. The zero-order valence-corrected chi connectivity index (χ0v) is 13.3. The summed E-state index contributed by atoms with van der Waals surface area (Å²) in [6.45, 7) is 5.24. The van der Waals surface area contributed by atoms with E-state index in [1.54, 1.807) is 0 Å². The zero-order valence-electron chi connectivity index (χ0n) is 13.3. The molecule has 0 aliphatic heterocycles. The highest BCUT2D eigenvalue weighted by Gasteiger charge is 2.05. The first kappa shape index (κ1) is 15.7. The molecule has 0 saturated carbocycles. The number of benzene rings is 2. The van der Waals surface area contributed by atoms with Crippen molar-refractivity contribution in [3.63, 3.8) is 0 Å². The van der Waals surface area contributed by atoms with Crippen LogP contribution in [0, 0.1) is 0 Å². The van der Waals surface area contributed by atoms with E-state index in [2.05, 4.69) is 78.8 Å². The van der Waals surface area contributed by atoms with Gasteiger partial charge in [0.25, 0.3) is 0 Å². The standard InChI is InChI=1S/C19H26N2/c1-16(13-20-2)19-11-9-18(10-12-19)15-21(3)14-17-7-5-4-6-8-17/h4-12,16,20H,13-15H2,1-3H3. The molecule has 2 nitrogen and oxygen atoms in total. The predicted octanol–water partition coefficient (Wildman–Crippen LogP) is 3.64. The largest absolute Gasteiger partial charge is 0.319 e. The second-order valence-electron chi connectivity index (χ2n) is 5.86. The quantitative estimate of drug-likeness (QED) is 0.834. The van der Waals surface area contributed by atoms with Gasteiger partial charge >= 0.3 is 0 Å². The van der Waals surface area contributed by atoms with Crippen LogP contribution in [-0.4, -0.2) is 25.5 Å². The average Bonchev–Trinajstić information content (AvgIpc) is 2.49. The Morgan fingerprint density at radius 3 is 2.05 bits per heavy atom. The van der Waals surface area contributed by atoms with E-state index in [0.29, 0.717) is 5.92 Å². The summed E-state index contributed by atoms with van der Waals surface area (Å²) in [7, 11) is 4.17. The van der Waals surface area contributed by atoms with Crippen molar-refractivity contribution in [3.8, 4) is 0 Å². The van der Waals surface area contributed by atoms with Gasteiger partial charge < -0.3 is 5.32 Å². The van der Waals surface area contributed by atoms with E-state index in [9.17, 15) is 0 Å². The fraction of sp³-hybridized carbons (Fsp3) is 0.368. The molecular weight excluding hydrogens is 256 g/mol. The predicted molar refractivity (Wildman–Crippen MR) is 90.4 cm³/mol. The number of likely N-dealkylation sites (N-methyl/N-ethyl adjacent to an activating group) is 1. The Hall–Kier alpha value is -1.64. The highest BCUT2D eigenvalue weighted by atomic mass is 15.1. The lowest BCUT2D eigenvalue weighted by Crippen LogP contribution is -2.17. The van der Waals surface area contributed by atoms with Gasteiger partial charge in [-0.3, -0.25) is 4.90 Å². The lowest BCUT2D eigenvalue weighted by molar-refractivity contribution is 0.319. The highest BCUT2D eigenvalue weighted by molar-refractivity contribution is 5.25. The molecule has 0 amide bonds. The van der Waals surface area contributed by atoms with Crippen LogP contribution in [0.25, 0.3) is 0 Å². The molecule has 0 aliphatic carbocycles. The SMILES string of the molecule is CNCC(C)c1ccc(CN(C)Cc2ccccc2)cc1. The zero-order chi connectivity index (χ0) is 15.1. The van der Waals surface area contributed by atoms with Crippen LogP contribution in [0.2, 0.25) is 0 Å². The van der Waals surface area contributed by atoms with E-state index in [1.165, 1.54) is 16.7 Å². The Labute approximate surface area is 128 Å². The summed E-state index contributed by atoms with van der Waals surface area (Å²) in [5.74, 6) is 0.561. The summed E-state index contributed by atoms with van der Waals surface area (Å²) in [5, 5.41) is 3.23. The summed E-state index contributed by atoms with van der Waals surface area (Å²) in [6, 6.07) is 19.6. The molecule has 2 aromatic rings. The molecule has 1 unspecified atom stereocenters. The summed E-state index contributed by atoms with van der Waals surface area (Å²) < 4.78 is 0. The van der Waals surface area contributed by atoms with Crippen molar-refractivity contribution in [1.82, 2.24) is 10.2 Å². The summed E-state index contributed by atoms with van der Waals surface area (Å²) in [6.07, 6.45) is 0. The van der Waals surface area contributed by atoms with Crippen molar-refractivity contribution in [2.45, 2.75) is 25.9 Å². The summed E-state index contributed by atoms with van der Waals surface area (Å²) in [4.78, 5) is 2.35. The second-order valence-corrected chi connectivity index (χ2v) is 5.86. The fourth-order valence-corrected chi connectivity index (χ4v) is 2.64. The van der Waals surface area contributed by atoms with Crippen molar-refractivity contribution in [2.75, 3.05) is 20.6 Å². The van der Waals surface area contributed by atoms with Gasteiger partial charge in [-0.2, -0.15) is 0 Å². The van der Waals surface area contributed by atoms with Crippen molar-refractivity contribution < 1.29 is 0 Å². The molecular formula is C19H26N2. The molecule has 2 aromatic carbocycles. The minimum absolute atomic E-state index is 0.561. The molecule has 0 saturated heterocycles. The molecule has 0 bridgehead atoms. The number of hydrogen-bond donors (Lipinski definition) is 1. The van der Waals surface area contributed by atoms with Crippen LogP contribution in [0.3, 0.4) is 0 Å². The first-order valence-corrected chi connectivity index (χ1v) is 7.65. The molecule has 112 valence electrons. The van der Waals surface area contributed by atoms with Gasteiger partial charge in [-0.05, 0) is 36.7 Å². The average molecular weight is 282 g/mol. The fourth-order valence-electron chi connectivity index (χ4n) is 2.64. The monoisotopic (exact) mass is 282 g/mol. The maximum atomic E-state index is 3.23. The van der Waals surface area contributed by atoms with Gasteiger partial charge in [0.15, 0.2) is 0 Å². The third kappa shape index (κ3) is 5.00. The molecule has 0 fully saturated rings. The van der Waals surface area contributed by atoms with Gasteiger partial charge in [0, 0.05) is 19.6 Å². The smallest absolute Gasteiger partial charge is 0.0234 e. The number of hydrogen-bond acceptors (Lipinski definition) is 2. The molecule has 2 rings (SSSR count). The Balaban J connectivity index is 1.90. The minimum atomic E-state index is 0.561. The summed E-state index contributed by atoms with van der Waals surface area (Å²) >= 11 is 0. The first-order chi connectivity index (χ1) is 10.2. The van der Waals surface area contributed by atoms with E-state index in [-0.39, 0.29) is 0 Å². The molecule has 0 radical (unpaired) electrons. The van der Waals surface area contributed by atoms with Crippen LogP contribution in [0.4, 0.5) is 0 Å². The molecule has 0 spiro atoms. The number of rotatable bonds is 7. The van der Waals surface area contributed by atoms with Crippen molar-refractivity contribution in [3.05, 3.63) is 71.3 Å².